The van der Waals surface area contributed by atoms with Crippen LogP contribution >= 0.6 is 0 Å². The van der Waals surface area contributed by atoms with Crippen molar-refractivity contribution in [3.63, 3.8) is 0 Å². The lowest BCUT2D eigenvalue weighted by Gasteiger charge is -2.16. The Labute approximate surface area is 154 Å². The van der Waals surface area contributed by atoms with Crippen LogP contribution in [0.1, 0.15) is 50.0 Å². The molecule has 0 heterocycles. The zero-order chi connectivity index (χ0) is 18.8. The maximum Gasteiger partial charge on any atom is 0.331 e. The second-order valence-corrected chi connectivity index (χ2v) is 5.82. The third kappa shape index (κ3) is 5.88. The number of rotatable bonds is 8. The molecule has 0 amide bonds. The summed E-state index contributed by atoms with van der Waals surface area (Å²) >= 11 is 0. The second kappa shape index (κ2) is 10.2. The van der Waals surface area contributed by atoms with Crippen LogP contribution in [-0.2, 0) is 19.1 Å². The van der Waals surface area contributed by atoms with Gasteiger partial charge in [0, 0.05) is 12.2 Å². The number of carbonyl (C=O) groups excluding carboxylic acids is 2. The summed E-state index contributed by atoms with van der Waals surface area (Å²) in [5.74, 6) is -1.13. The summed E-state index contributed by atoms with van der Waals surface area (Å²) in [5, 5.41) is 0. The molecule has 2 aromatic carbocycles. The third-order valence-corrected chi connectivity index (χ3v) is 3.96. The summed E-state index contributed by atoms with van der Waals surface area (Å²) in [6, 6.07) is 19.0. The van der Waals surface area contributed by atoms with Gasteiger partial charge in [-0.25, -0.2) is 9.59 Å². The van der Waals surface area contributed by atoms with E-state index < -0.39 is 11.9 Å². The highest BCUT2D eigenvalue weighted by atomic mass is 16.5. The Morgan fingerprint density at radius 2 is 1.08 bits per heavy atom. The normalized spacial score (nSPS) is 13.2. The number of hydrogen-bond acceptors (Lipinski definition) is 4. The van der Waals surface area contributed by atoms with Gasteiger partial charge in [-0.1, -0.05) is 74.5 Å². The summed E-state index contributed by atoms with van der Waals surface area (Å²) in [6.07, 6.45) is 2.87. The van der Waals surface area contributed by atoms with Gasteiger partial charge in [-0.15, -0.1) is 0 Å². The van der Waals surface area contributed by atoms with Crippen LogP contribution in [0.5, 0.6) is 0 Å². The minimum Gasteiger partial charge on any atom is -0.454 e. The number of hydrogen-bond donors (Lipinski definition) is 0. The van der Waals surface area contributed by atoms with E-state index in [4.69, 9.17) is 9.47 Å². The molecule has 0 aliphatic rings. The maximum atomic E-state index is 12.0. The third-order valence-electron chi connectivity index (χ3n) is 3.96. The lowest BCUT2D eigenvalue weighted by molar-refractivity contribution is -0.146. The van der Waals surface area contributed by atoms with Crippen molar-refractivity contribution in [2.24, 2.45) is 0 Å². The zero-order valence-electron chi connectivity index (χ0n) is 15.1. The molecule has 0 bridgehead atoms. The van der Waals surface area contributed by atoms with Crippen molar-refractivity contribution >= 4 is 11.9 Å². The molecule has 26 heavy (non-hydrogen) atoms. The Balaban J connectivity index is 1.91. The summed E-state index contributed by atoms with van der Waals surface area (Å²) in [7, 11) is 0. The van der Waals surface area contributed by atoms with E-state index in [2.05, 4.69) is 0 Å². The van der Waals surface area contributed by atoms with Crippen LogP contribution < -0.4 is 0 Å². The maximum absolute atomic E-state index is 12.0. The fraction of sp³-hybridized carbons (Fsp3) is 0.273. The molecular formula is C22H24O4. The number of benzene rings is 2. The zero-order valence-corrected chi connectivity index (χ0v) is 15.1. The molecule has 2 rings (SSSR count). The molecule has 0 saturated heterocycles. The molecule has 4 nitrogen and oxygen atoms in total. The molecule has 0 radical (unpaired) electrons. The highest BCUT2D eigenvalue weighted by Gasteiger charge is 2.15. The Morgan fingerprint density at radius 1 is 0.731 bits per heavy atom. The van der Waals surface area contributed by atoms with Crippen LogP contribution in [0.4, 0.5) is 0 Å². The fourth-order valence-corrected chi connectivity index (χ4v) is 2.60. The van der Waals surface area contributed by atoms with Crippen molar-refractivity contribution in [1.29, 1.82) is 0 Å². The predicted molar refractivity (Wildman–Crippen MR) is 100 cm³/mol. The van der Waals surface area contributed by atoms with Crippen LogP contribution in [0.2, 0.25) is 0 Å². The van der Waals surface area contributed by atoms with Crippen molar-refractivity contribution < 1.29 is 19.1 Å². The van der Waals surface area contributed by atoms with E-state index in [0.29, 0.717) is 12.8 Å². The summed E-state index contributed by atoms with van der Waals surface area (Å²) in [6.45, 7) is 3.88. The van der Waals surface area contributed by atoms with Gasteiger partial charge in [-0.2, -0.15) is 0 Å². The number of carbonyl (C=O) groups is 2. The first kappa shape index (κ1) is 19.4. The highest BCUT2D eigenvalue weighted by Crippen LogP contribution is 2.22. The van der Waals surface area contributed by atoms with Crippen LogP contribution in [-0.4, -0.2) is 11.9 Å². The van der Waals surface area contributed by atoms with E-state index in [9.17, 15) is 9.59 Å². The molecule has 2 aromatic rings. The minimum absolute atomic E-state index is 0.336. The van der Waals surface area contributed by atoms with Crippen LogP contribution in [0.25, 0.3) is 0 Å². The van der Waals surface area contributed by atoms with Gasteiger partial charge in [0.25, 0.3) is 0 Å². The van der Waals surface area contributed by atoms with Gasteiger partial charge >= 0.3 is 11.9 Å². The Bertz CT molecular complexity index is 659. The molecule has 0 aromatic heterocycles. The minimum atomic E-state index is -0.564. The van der Waals surface area contributed by atoms with Gasteiger partial charge < -0.3 is 9.47 Å². The fourth-order valence-electron chi connectivity index (χ4n) is 2.60. The van der Waals surface area contributed by atoms with Crippen molar-refractivity contribution in [2.45, 2.75) is 38.9 Å². The lowest BCUT2D eigenvalue weighted by atomic mass is 10.1. The van der Waals surface area contributed by atoms with Gasteiger partial charge in [-0.05, 0) is 24.0 Å². The molecule has 0 saturated carbocycles. The molecular weight excluding hydrogens is 328 g/mol. The van der Waals surface area contributed by atoms with Gasteiger partial charge in [0.15, 0.2) is 0 Å². The topological polar surface area (TPSA) is 52.6 Å². The van der Waals surface area contributed by atoms with Crippen LogP contribution in [0.15, 0.2) is 72.8 Å². The summed E-state index contributed by atoms with van der Waals surface area (Å²) < 4.78 is 10.8. The number of ether oxygens (including phenoxy) is 2. The standard InChI is InChI=1S/C22H24O4/c1-3-19(17-11-7-5-8-12-17)25-21(23)15-16-22(24)26-20(4-2)18-13-9-6-10-14-18/h5-16,19-20H,3-4H2,1-2H3/b16-15+. The van der Waals surface area contributed by atoms with E-state index >= 15 is 0 Å². The Kier molecular flexibility index (Phi) is 7.62. The van der Waals surface area contributed by atoms with Gasteiger partial charge in [0.1, 0.15) is 12.2 Å². The summed E-state index contributed by atoms with van der Waals surface area (Å²) in [5.41, 5.74) is 1.85. The van der Waals surface area contributed by atoms with Gasteiger partial charge in [0.05, 0.1) is 0 Å². The first-order valence-corrected chi connectivity index (χ1v) is 8.83. The quantitative estimate of drug-likeness (QED) is 0.499. The molecule has 0 fully saturated rings. The molecule has 2 unspecified atom stereocenters. The molecule has 136 valence electrons. The molecule has 2 atom stereocenters. The smallest absolute Gasteiger partial charge is 0.331 e. The average molecular weight is 352 g/mol. The van der Waals surface area contributed by atoms with Gasteiger partial charge in [-0.3, -0.25) is 0 Å². The summed E-state index contributed by atoms with van der Waals surface area (Å²) in [4.78, 5) is 24.0. The van der Waals surface area contributed by atoms with E-state index in [1.165, 1.54) is 0 Å². The average Bonchev–Trinajstić information content (AvgIpc) is 2.70. The van der Waals surface area contributed by atoms with E-state index in [1.54, 1.807) is 0 Å². The molecule has 0 aliphatic carbocycles. The lowest BCUT2D eigenvalue weighted by Crippen LogP contribution is -2.11. The predicted octanol–water partition coefficient (Wildman–Crippen LogP) is 4.93. The van der Waals surface area contributed by atoms with Crippen LogP contribution in [0.3, 0.4) is 0 Å². The van der Waals surface area contributed by atoms with Crippen molar-refractivity contribution in [3.05, 3.63) is 83.9 Å². The molecule has 4 heteroatoms. The highest BCUT2D eigenvalue weighted by molar-refractivity contribution is 5.91. The van der Waals surface area contributed by atoms with E-state index in [0.717, 1.165) is 23.3 Å². The Morgan fingerprint density at radius 3 is 1.38 bits per heavy atom. The first-order valence-electron chi connectivity index (χ1n) is 8.83. The van der Waals surface area contributed by atoms with Gasteiger partial charge in [0.2, 0.25) is 0 Å². The number of esters is 2. The second-order valence-electron chi connectivity index (χ2n) is 5.82. The van der Waals surface area contributed by atoms with E-state index in [-0.39, 0.29) is 12.2 Å². The molecule has 0 aliphatic heterocycles. The largest absolute Gasteiger partial charge is 0.454 e. The first-order chi connectivity index (χ1) is 12.6. The molecule has 0 spiro atoms. The van der Waals surface area contributed by atoms with Crippen molar-refractivity contribution in [1.82, 2.24) is 0 Å². The van der Waals surface area contributed by atoms with Crippen molar-refractivity contribution in [2.75, 3.05) is 0 Å². The SMILES string of the molecule is CCC(OC(=O)/C=C/C(=O)OC(CC)c1ccccc1)c1ccccc1. The monoisotopic (exact) mass is 352 g/mol. The van der Waals surface area contributed by atoms with E-state index in [1.807, 2.05) is 74.5 Å². The Hall–Kier alpha value is -2.88. The van der Waals surface area contributed by atoms with Crippen LogP contribution in [0, 0.1) is 0 Å². The van der Waals surface area contributed by atoms with Crippen molar-refractivity contribution in [3.8, 4) is 0 Å². The molecule has 0 N–H and O–H groups in total.